The number of hydrogen-bond acceptors (Lipinski definition) is 5. The number of H-pyrrole nitrogens is 1. The molecular weight excluding hydrogens is 540 g/mol. The molecule has 0 atom stereocenters. The molecule has 2 aliphatic heterocycles. The zero-order valence-corrected chi connectivity index (χ0v) is 25.1. The van der Waals surface area contributed by atoms with E-state index in [9.17, 15) is 9.59 Å². The lowest BCUT2D eigenvalue weighted by Crippen LogP contribution is -2.45. The van der Waals surface area contributed by atoms with E-state index in [0.29, 0.717) is 17.8 Å². The van der Waals surface area contributed by atoms with Crippen molar-refractivity contribution in [1.29, 1.82) is 0 Å². The van der Waals surface area contributed by atoms with Crippen LogP contribution in [0.25, 0.3) is 0 Å². The van der Waals surface area contributed by atoms with Crippen molar-refractivity contribution in [2.24, 2.45) is 16.5 Å². The Morgan fingerprint density at radius 2 is 1.65 bits per heavy atom. The third-order valence-corrected chi connectivity index (χ3v) is 8.97. The van der Waals surface area contributed by atoms with E-state index in [0.717, 1.165) is 68.8 Å². The standard InChI is InChI=1S/C33H42N8O2/c1-39-19-14-27(15-20-39)40(2)31(43)24-10-12-26(13-11-24)37-32(35)38-30-28(9-6-18-36-30)41-21-16-33(17-22-41,23-29(34)42)25-7-4-3-5-8-25/h3-13,18,27H,14-17,19-23H2,1-2H3,(H2,34,42)(H3,35,36,37,38)/p+1. The van der Waals surface area contributed by atoms with E-state index in [1.54, 1.807) is 0 Å². The molecule has 0 spiro atoms. The van der Waals surface area contributed by atoms with Crippen molar-refractivity contribution >= 4 is 35.0 Å². The van der Waals surface area contributed by atoms with Crippen molar-refractivity contribution < 1.29 is 14.6 Å². The zero-order chi connectivity index (χ0) is 30.4. The molecule has 2 amide bonds. The smallest absolute Gasteiger partial charge is 0.348 e. The summed E-state index contributed by atoms with van der Waals surface area (Å²) in [7, 11) is 4.01. The summed E-state index contributed by atoms with van der Waals surface area (Å²) < 4.78 is 0. The first-order valence-corrected chi connectivity index (χ1v) is 15.0. The van der Waals surface area contributed by atoms with E-state index in [2.05, 4.69) is 44.3 Å². The summed E-state index contributed by atoms with van der Waals surface area (Å²) >= 11 is 0. The Hall–Kier alpha value is -4.44. The van der Waals surface area contributed by atoms with Gasteiger partial charge in [-0.05, 0) is 92.8 Å². The van der Waals surface area contributed by atoms with E-state index in [1.165, 1.54) is 0 Å². The largest absolute Gasteiger partial charge is 0.370 e. The fourth-order valence-corrected chi connectivity index (χ4v) is 6.38. The molecule has 0 aliphatic carbocycles. The maximum Gasteiger partial charge on any atom is 0.348 e. The number of rotatable bonds is 8. The quantitative estimate of drug-likeness (QED) is 0.276. The monoisotopic (exact) mass is 583 g/mol. The van der Waals surface area contributed by atoms with E-state index in [4.69, 9.17) is 11.5 Å². The summed E-state index contributed by atoms with van der Waals surface area (Å²) in [6, 6.07) is 21.8. The van der Waals surface area contributed by atoms with Crippen LogP contribution >= 0.6 is 0 Å². The minimum Gasteiger partial charge on any atom is -0.370 e. The third kappa shape index (κ3) is 7.14. The van der Waals surface area contributed by atoms with Gasteiger partial charge < -0.3 is 31.5 Å². The summed E-state index contributed by atoms with van der Waals surface area (Å²) in [4.78, 5) is 39.4. The second-order valence-electron chi connectivity index (χ2n) is 11.8. The van der Waals surface area contributed by atoms with E-state index in [1.807, 2.05) is 72.7 Å². The fourth-order valence-electron chi connectivity index (χ4n) is 6.38. The number of carbonyl (C=O) groups excluding carboxylic acids is 2. The highest BCUT2D eigenvalue weighted by Gasteiger charge is 2.38. The molecule has 2 aliphatic rings. The SMILES string of the molecule is CN1CCC(N(C)C(=O)c2ccc(N/C(N)=N/c3[nH+]cccc3N3CCC(CC(N)=O)(c4ccccc4)CC3)cc2)CC1. The van der Waals surface area contributed by atoms with Crippen LogP contribution in [0, 0.1) is 0 Å². The molecule has 5 rings (SSSR count). The predicted octanol–water partition coefficient (Wildman–Crippen LogP) is 3.14. The van der Waals surface area contributed by atoms with Crippen molar-refractivity contribution in [2.75, 3.05) is 50.5 Å². The highest BCUT2D eigenvalue weighted by atomic mass is 16.2. The van der Waals surface area contributed by atoms with Crippen LogP contribution in [-0.4, -0.2) is 73.9 Å². The van der Waals surface area contributed by atoms with Gasteiger partial charge in [-0.2, -0.15) is 0 Å². The van der Waals surface area contributed by atoms with Gasteiger partial charge in [-0.3, -0.25) is 9.59 Å². The lowest BCUT2D eigenvalue weighted by Gasteiger charge is -2.42. The van der Waals surface area contributed by atoms with Crippen molar-refractivity contribution in [3.05, 3.63) is 84.1 Å². The number of pyridine rings is 1. The molecule has 0 unspecified atom stereocenters. The number of nitrogens with two attached hydrogens (primary N) is 2. The van der Waals surface area contributed by atoms with Crippen LogP contribution in [0.2, 0.25) is 0 Å². The normalized spacial score (nSPS) is 17.8. The number of hydrogen-bond donors (Lipinski definition) is 3. The van der Waals surface area contributed by atoms with Gasteiger partial charge in [-0.25, -0.2) is 4.98 Å². The summed E-state index contributed by atoms with van der Waals surface area (Å²) in [6.07, 6.45) is 5.72. The minimum atomic E-state index is -0.281. The first-order valence-electron chi connectivity index (χ1n) is 15.0. The van der Waals surface area contributed by atoms with Crippen LogP contribution in [0.15, 0.2) is 77.9 Å². The second-order valence-corrected chi connectivity index (χ2v) is 11.8. The number of anilines is 2. The molecule has 0 saturated carbocycles. The van der Waals surface area contributed by atoms with Gasteiger partial charge in [0.15, 0.2) is 0 Å². The number of aromatic amines is 1. The molecule has 10 heteroatoms. The minimum absolute atomic E-state index is 0.0277. The maximum atomic E-state index is 13.1. The average Bonchev–Trinajstić information content (AvgIpc) is 3.02. The number of piperidine rings is 2. The first kappa shape index (κ1) is 30.0. The molecule has 2 aromatic carbocycles. The van der Waals surface area contributed by atoms with Crippen LogP contribution in [0.4, 0.5) is 17.2 Å². The zero-order valence-electron chi connectivity index (χ0n) is 25.1. The molecule has 43 heavy (non-hydrogen) atoms. The Morgan fingerprint density at radius 1 is 0.977 bits per heavy atom. The number of aliphatic imine (C=N–C) groups is 1. The second kappa shape index (κ2) is 13.2. The number of primary amides is 1. The molecule has 0 radical (unpaired) electrons. The van der Waals surface area contributed by atoms with E-state index < -0.39 is 0 Å². The molecule has 3 heterocycles. The molecule has 3 aromatic rings. The molecule has 1 aromatic heterocycles. The first-order chi connectivity index (χ1) is 20.7. The Labute approximate surface area is 253 Å². The summed E-state index contributed by atoms with van der Waals surface area (Å²) in [5, 5.41) is 3.15. The van der Waals surface area contributed by atoms with Gasteiger partial charge in [-0.1, -0.05) is 30.3 Å². The summed E-state index contributed by atoms with van der Waals surface area (Å²) in [5.41, 5.74) is 15.2. The fraction of sp³-hybridized carbons (Fsp3) is 0.394. The van der Waals surface area contributed by atoms with E-state index in [-0.39, 0.29) is 29.2 Å². The van der Waals surface area contributed by atoms with Gasteiger partial charge in [0, 0.05) is 49.3 Å². The van der Waals surface area contributed by atoms with Crippen LogP contribution in [0.1, 0.15) is 48.0 Å². The van der Waals surface area contributed by atoms with E-state index >= 15 is 0 Å². The highest BCUT2D eigenvalue weighted by Crippen LogP contribution is 2.40. The average molecular weight is 584 g/mol. The number of benzene rings is 2. The lowest BCUT2D eigenvalue weighted by molar-refractivity contribution is -0.362. The number of nitrogens with zero attached hydrogens (tertiary/aromatic N) is 4. The Kier molecular flexibility index (Phi) is 9.25. The number of guanidine groups is 1. The van der Waals surface area contributed by atoms with Gasteiger partial charge in [0.05, 0.1) is 6.20 Å². The molecule has 6 N–H and O–H groups in total. The van der Waals surface area contributed by atoms with Crippen LogP contribution in [-0.2, 0) is 10.2 Å². The van der Waals surface area contributed by atoms with Crippen molar-refractivity contribution in [3.8, 4) is 0 Å². The van der Waals surface area contributed by atoms with Crippen LogP contribution in [0.3, 0.4) is 0 Å². The Bertz CT molecular complexity index is 1430. The number of carbonyl (C=O) groups is 2. The van der Waals surface area contributed by atoms with Gasteiger partial charge >= 0.3 is 11.8 Å². The number of likely N-dealkylation sites (tertiary alicyclic amines) is 1. The Balaban J connectivity index is 1.24. The Morgan fingerprint density at radius 3 is 2.30 bits per heavy atom. The van der Waals surface area contributed by atoms with Gasteiger partial charge in [0.2, 0.25) is 5.91 Å². The van der Waals surface area contributed by atoms with Crippen LogP contribution < -0.4 is 26.7 Å². The molecule has 0 bridgehead atoms. The van der Waals surface area contributed by atoms with Crippen LogP contribution in [0.5, 0.6) is 0 Å². The molecular formula is C33H43N8O2+. The molecule has 10 nitrogen and oxygen atoms in total. The number of aromatic nitrogens is 1. The maximum absolute atomic E-state index is 13.1. The van der Waals surface area contributed by atoms with Crippen molar-refractivity contribution in [2.45, 2.75) is 43.6 Å². The van der Waals surface area contributed by atoms with Crippen molar-refractivity contribution in [3.63, 3.8) is 0 Å². The topological polar surface area (TPSA) is 134 Å². The highest BCUT2D eigenvalue weighted by molar-refractivity contribution is 5.97. The molecule has 2 saturated heterocycles. The van der Waals surface area contributed by atoms with Gasteiger partial charge in [0.1, 0.15) is 5.69 Å². The lowest BCUT2D eigenvalue weighted by atomic mass is 9.70. The molecule has 2 fully saturated rings. The van der Waals surface area contributed by atoms with Crippen molar-refractivity contribution in [1.82, 2.24) is 9.80 Å². The number of amides is 2. The molecule has 226 valence electrons. The predicted molar refractivity (Wildman–Crippen MR) is 170 cm³/mol. The number of nitrogens with one attached hydrogen (secondary N) is 2. The third-order valence-electron chi connectivity index (χ3n) is 8.97. The van der Waals surface area contributed by atoms with Gasteiger partial charge in [-0.15, -0.1) is 0 Å². The summed E-state index contributed by atoms with van der Waals surface area (Å²) in [6.45, 7) is 3.51. The summed E-state index contributed by atoms with van der Waals surface area (Å²) in [5.74, 6) is 0.618. The van der Waals surface area contributed by atoms with Gasteiger partial charge in [0.25, 0.3) is 5.91 Å².